The van der Waals surface area contributed by atoms with Crippen LogP contribution in [-0.4, -0.2) is 15.4 Å². The van der Waals surface area contributed by atoms with Crippen molar-refractivity contribution in [2.45, 2.75) is 30.2 Å². The summed E-state index contributed by atoms with van der Waals surface area (Å²) in [6.07, 6.45) is 1.36. The van der Waals surface area contributed by atoms with E-state index in [0.717, 1.165) is 17.4 Å². The van der Waals surface area contributed by atoms with Gasteiger partial charge in [-0.1, -0.05) is 49.0 Å². The Balaban J connectivity index is 1.78. The van der Waals surface area contributed by atoms with Gasteiger partial charge in [-0.05, 0) is 29.3 Å². The van der Waals surface area contributed by atoms with Crippen LogP contribution in [0.25, 0.3) is 22.2 Å². The Bertz CT molecular complexity index is 822. The first-order chi connectivity index (χ1) is 10.8. The number of rotatable bonds is 5. The second-order valence-electron chi connectivity index (χ2n) is 5.06. The maximum absolute atomic E-state index is 8.61. The van der Waals surface area contributed by atoms with E-state index in [2.05, 4.69) is 47.5 Å². The van der Waals surface area contributed by atoms with Gasteiger partial charge in [-0.3, -0.25) is 0 Å². The van der Waals surface area contributed by atoms with Crippen LogP contribution in [0, 0.1) is 11.3 Å². The van der Waals surface area contributed by atoms with Crippen molar-refractivity contribution in [2.24, 2.45) is 0 Å². The van der Waals surface area contributed by atoms with Gasteiger partial charge in [0.15, 0.2) is 0 Å². The van der Waals surface area contributed by atoms with E-state index in [0.29, 0.717) is 17.5 Å². The number of fused-ring (bicyclic) bond motifs is 1. The molecule has 22 heavy (non-hydrogen) atoms. The van der Waals surface area contributed by atoms with Crippen LogP contribution < -0.4 is 0 Å². The zero-order valence-corrected chi connectivity index (χ0v) is 13.0. The molecule has 0 aliphatic rings. The second-order valence-corrected chi connectivity index (χ2v) is 6.45. The van der Waals surface area contributed by atoms with Gasteiger partial charge < -0.3 is 4.42 Å². The van der Waals surface area contributed by atoms with E-state index < -0.39 is 0 Å². The number of aromatic nitrogens is 2. The first-order valence-corrected chi connectivity index (χ1v) is 8.00. The Morgan fingerprint density at radius 1 is 1.18 bits per heavy atom. The standard InChI is InChI=1S/C17H15N3OS/c1-12(5-4-10-18)22-17-20-19-16(21-17)15-9-8-13-6-2-3-7-14(13)11-15/h2-3,6-9,11-12H,4-5H2,1H3/t12-/m0/s1. The van der Waals surface area contributed by atoms with Crippen LogP contribution in [0.1, 0.15) is 19.8 Å². The average Bonchev–Trinajstić information content (AvgIpc) is 3.01. The van der Waals surface area contributed by atoms with Gasteiger partial charge in [-0.2, -0.15) is 5.26 Å². The van der Waals surface area contributed by atoms with Gasteiger partial charge in [0.05, 0.1) is 6.07 Å². The molecule has 0 bridgehead atoms. The number of nitrogens with zero attached hydrogens (tertiary/aromatic N) is 3. The van der Waals surface area contributed by atoms with E-state index >= 15 is 0 Å². The highest BCUT2D eigenvalue weighted by Gasteiger charge is 2.13. The molecule has 5 heteroatoms. The fourth-order valence-corrected chi connectivity index (χ4v) is 2.99. The Kier molecular flexibility index (Phi) is 4.40. The minimum atomic E-state index is 0.282. The first-order valence-electron chi connectivity index (χ1n) is 7.12. The highest BCUT2D eigenvalue weighted by Crippen LogP contribution is 2.29. The van der Waals surface area contributed by atoms with Crippen LogP contribution in [-0.2, 0) is 0 Å². The summed E-state index contributed by atoms with van der Waals surface area (Å²) in [6, 6.07) is 16.4. The van der Waals surface area contributed by atoms with E-state index in [1.54, 1.807) is 0 Å². The minimum absolute atomic E-state index is 0.282. The van der Waals surface area contributed by atoms with Crippen molar-refractivity contribution in [1.29, 1.82) is 5.26 Å². The van der Waals surface area contributed by atoms with Crippen LogP contribution in [0.5, 0.6) is 0 Å². The SMILES string of the molecule is C[C@@H](CCC#N)Sc1nnc(-c2ccc3ccccc3c2)o1. The number of hydrogen-bond acceptors (Lipinski definition) is 5. The molecule has 4 nitrogen and oxygen atoms in total. The number of hydrogen-bond donors (Lipinski definition) is 0. The second kappa shape index (κ2) is 6.63. The lowest BCUT2D eigenvalue weighted by atomic mass is 10.1. The Morgan fingerprint density at radius 3 is 2.82 bits per heavy atom. The molecule has 3 rings (SSSR count). The van der Waals surface area contributed by atoms with Gasteiger partial charge in [0, 0.05) is 17.2 Å². The third-order valence-electron chi connectivity index (χ3n) is 3.37. The maximum atomic E-state index is 8.61. The molecule has 0 unspecified atom stereocenters. The van der Waals surface area contributed by atoms with E-state index in [1.165, 1.54) is 17.1 Å². The van der Waals surface area contributed by atoms with Crippen molar-refractivity contribution >= 4 is 22.5 Å². The summed E-state index contributed by atoms with van der Waals surface area (Å²) in [6.45, 7) is 2.06. The normalized spacial score (nSPS) is 12.2. The van der Waals surface area contributed by atoms with Crippen LogP contribution in [0.15, 0.2) is 52.1 Å². The molecule has 1 aromatic heterocycles. The predicted octanol–water partition coefficient (Wildman–Crippen LogP) is 4.67. The predicted molar refractivity (Wildman–Crippen MR) is 87.4 cm³/mol. The van der Waals surface area contributed by atoms with E-state index in [1.807, 2.05) is 18.2 Å². The molecule has 0 amide bonds. The van der Waals surface area contributed by atoms with Crippen molar-refractivity contribution in [3.05, 3.63) is 42.5 Å². The highest BCUT2D eigenvalue weighted by atomic mass is 32.2. The molecule has 1 atom stereocenters. The number of thioether (sulfide) groups is 1. The third-order valence-corrected chi connectivity index (χ3v) is 4.37. The Labute approximate surface area is 133 Å². The van der Waals surface area contributed by atoms with Gasteiger partial charge in [0.25, 0.3) is 5.22 Å². The zero-order valence-electron chi connectivity index (χ0n) is 12.2. The van der Waals surface area contributed by atoms with Crippen molar-refractivity contribution in [1.82, 2.24) is 10.2 Å². The molecule has 2 aromatic carbocycles. The fraction of sp³-hybridized carbons (Fsp3) is 0.235. The molecule has 0 saturated heterocycles. The van der Waals surface area contributed by atoms with Gasteiger partial charge in [-0.15, -0.1) is 10.2 Å². The number of nitriles is 1. The molecule has 0 saturated carbocycles. The van der Waals surface area contributed by atoms with Crippen LogP contribution in [0.2, 0.25) is 0 Å². The van der Waals surface area contributed by atoms with Crippen LogP contribution in [0.4, 0.5) is 0 Å². The van der Waals surface area contributed by atoms with Crippen molar-refractivity contribution in [2.75, 3.05) is 0 Å². The van der Waals surface area contributed by atoms with Crippen molar-refractivity contribution in [3.63, 3.8) is 0 Å². The van der Waals surface area contributed by atoms with Crippen molar-refractivity contribution in [3.8, 4) is 17.5 Å². The van der Waals surface area contributed by atoms with Crippen LogP contribution >= 0.6 is 11.8 Å². The lowest BCUT2D eigenvalue weighted by Crippen LogP contribution is -1.94. The molecule has 1 heterocycles. The Hall–Kier alpha value is -2.32. The lowest BCUT2D eigenvalue weighted by molar-refractivity contribution is 0.464. The molecular formula is C17H15N3OS. The summed E-state index contributed by atoms with van der Waals surface area (Å²) in [4.78, 5) is 0. The molecule has 0 radical (unpaired) electrons. The summed E-state index contributed by atoms with van der Waals surface area (Å²) in [5.74, 6) is 0.528. The molecule has 3 aromatic rings. The first kappa shape index (κ1) is 14.6. The van der Waals surface area contributed by atoms with Gasteiger partial charge in [0.1, 0.15) is 0 Å². The summed E-state index contributed by atoms with van der Waals surface area (Å²) >= 11 is 1.51. The van der Waals surface area contributed by atoms with E-state index in [9.17, 15) is 0 Å². The van der Waals surface area contributed by atoms with E-state index in [4.69, 9.17) is 9.68 Å². The van der Waals surface area contributed by atoms with Gasteiger partial charge in [-0.25, -0.2) is 0 Å². The van der Waals surface area contributed by atoms with Gasteiger partial charge in [0.2, 0.25) is 5.89 Å². The third kappa shape index (κ3) is 3.29. The largest absolute Gasteiger partial charge is 0.411 e. The zero-order chi connectivity index (χ0) is 15.4. The van der Waals surface area contributed by atoms with Crippen LogP contribution in [0.3, 0.4) is 0 Å². The molecule has 0 aliphatic heterocycles. The minimum Gasteiger partial charge on any atom is -0.411 e. The summed E-state index contributed by atoms with van der Waals surface area (Å²) < 4.78 is 5.73. The molecule has 0 spiro atoms. The maximum Gasteiger partial charge on any atom is 0.277 e. The molecule has 110 valence electrons. The Morgan fingerprint density at radius 2 is 2.00 bits per heavy atom. The highest BCUT2D eigenvalue weighted by molar-refractivity contribution is 7.99. The summed E-state index contributed by atoms with van der Waals surface area (Å²) in [5.41, 5.74) is 0.919. The van der Waals surface area contributed by atoms with Gasteiger partial charge >= 0.3 is 0 Å². The quantitative estimate of drug-likeness (QED) is 0.641. The summed E-state index contributed by atoms with van der Waals surface area (Å²) in [5, 5.41) is 20.0. The topological polar surface area (TPSA) is 62.7 Å². The summed E-state index contributed by atoms with van der Waals surface area (Å²) in [7, 11) is 0. The molecule has 0 N–H and O–H groups in total. The molecule has 0 fully saturated rings. The van der Waals surface area contributed by atoms with E-state index in [-0.39, 0.29) is 5.25 Å². The smallest absolute Gasteiger partial charge is 0.277 e. The van der Waals surface area contributed by atoms with Crippen molar-refractivity contribution < 1.29 is 4.42 Å². The number of benzene rings is 2. The fourth-order valence-electron chi connectivity index (χ4n) is 2.20. The lowest BCUT2D eigenvalue weighted by Gasteiger charge is -2.03. The monoisotopic (exact) mass is 309 g/mol. The molecule has 0 aliphatic carbocycles. The molecular weight excluding hydrogens is 294 g/mol. The average molecular weight is 309 g/mol.